The van der Waals surface area contributed by atoms with E-state index in [1.807, 2.05) is 24.4 Å². The first kappa shape index (κ1) is 13.1. The molecule has 1 N–H and O–H groups in total. The largest absolute Gasteiger partial charge is 0.310 e. The van der Waals surface area contributed by atoms with Crippen molar-refractivity contribution in [2.75, 3.05) is 0 Å². The summed E-state index contributed by atoms with van der Waals surface area (Å²) in [6.45, 7) is 5.04. The van der Waals surface area contributed by atoms with Gasteiger partial charge in [-0.1, -0.05) is 43.6 Å². The number of benzene rings is 1. The lowest BCUT2D eigenvalue weighted by Crippen LogP contribution is -2.21. The van der Waals surface area contributed by atoms with Gasteiger partial charge in [0.2, 0.25) is 0 Å². The fourth-order valence-corrected chi connectivity index (χ4v) is 1.97. The maximum absolute atomic E-state index is 6.30. The molecular formula is C15H17ClN2. The quantitative estimate of drug-likeness (QED) is 0.902. The molecule has 0 saturated heterocycles. The summed E-state index contributed by atoms with van der Waals surface area (Å²) in [6, 6.07) is 10.6. The molecule has 3 heteroatoms. The molecule has 0 aliphatic carbocycles. The van der Waals surface area contributed by atoms with Crippen molar-refractivity contribution in [1.82, 2.24) is 10.3 Å². The number of hydrogen-bond donors (Lipinski definition) is 1. The lowest BCUT2D eigenvalue weighted by molar-refractivity contribution is 0.589. The van der Waals surface area contributed by atoms with Crippen LogP contribution in [0.2, 0.25) is 5.02 Å². The lowest BCUT2D eigenvalue weighted by atomic mass is 10.1. The molecule has 1 aromatic heterocycles. The van der Waals surface area contributed by atoms with Crippen molar-refractivity contribution >= 4 is 11.6 Å². The zero-order valence-corrected chi connectivity index (χ0v) is 11.4. The maximum atomic E-state index is 6.30. The van der Waals surface area contributed by atoms with Crippen LogP contribution in [0.3, 0.4) is 0 Å². The highest BCUT2D eigenvalue weighted by Crippen LogP contribution is 2.25. The average molecular weight is 261 g/mol. The van der Waals surface area contributed by atoms with Crippen molar-refractivity contribution in [2.24, 2.45) is 0 Å². The first-order valence-corrected chi connectivity index (χ1v) is 6.47. The monoisotopic (exact) mass is 260 g/mol. The number of halogens is 1. The molecule has 0 spiro atoms. The van der Waals surface area contributed by atoms with Crippen LogP contribution in [-0.4, -0.2) is 11.0 Å². The zero-order valence-electron chi connectivity index (χ0n) is 10.7. The van der Waals surface area contributed by atoms with E-state index in [0.29, 0.717) is 6.04 Å². The Labute approximate surface area is 113 Å². The van der Waals surface area contributed by atoms with Crippen LogP contribution in [0, 0.1) is 0 Å². The molecule has 18 heavy (non-hydrogen) atoms. The Morgan fingerprint density at radius 1 is 1.22 bits per heavy atom. The van der Waals surface area contributed by atoms with Crippen molar-refractivity contribution in [3.05, 3.63) is 53.3 Å². The molecule has 1 heterocycles. The number of aromatic nitrogens is 1. The summed E-state index contributed by atoms with van der Waals surface area (Å²) in [5.41, 5.74) is 3.31. The van der Waals surface area contributed by atoms with Crippen molar-refractivity contribution in [3.63, 3.8) is 0 Å². The summed E-state index contributed by atoms with van der Waals surface area (Å²) >= 11 is 6.30. The van der Waals surface area contributed by atoms with Crippen LogP contribution in [-0.2, 0) is 6.54 Å². The normalized spacial score (nSPS) is 10.9. The van der Waals surface area contributed by atoms with Crippen LogP contribution in [0.5, 0.6) is 0 Å². The molecule has 0 atom stereocenters. The zero-order chi connectivity index (χ0) is 13.0. The summed E-state index contributed by atoms with van der Waals surface area (Å²) in [5.74, 6) is 0. The molecule has 2 nitrogen and oxygen atoms in total. The van der Waals surface area contributed by atoms with Gasteiger partial charge in [0.05, 0.1) is 0 Å². The molecule has 2 aromatic rings. The topological polar surface area (TPSA) is 24.9 Å². The number of pyridine rings is 1. The summed E-state index contributed by atoms with van der Waals surface area (Å²) in [7, 11) is 0. The van der Waals surface area contributed by atoms with Crippen molar-refractivity contribution in [1.29, 1.82) is 0 Å². The molecule has 0 radical (unpaired) electrons. The Kier molecular flexibility index (Phi) is 4.34. The SMILES string of the molecule is CC(C)NCc1ccc(-c2cccnc2)cc1Cl. The van der Waals surface area contributed by atoms with Crippen LogP contribution >= 0.6 is 11.6 Å². The fourth-order valence-electron chi connectivity index (χ4n) is 1.72. The minimum absolute atomic E-state index is 0.457. The molecule has 0 aliphatic heterocycles. The second-order valence-corrected chi connectivity index (χ2v) is 4.99. The Hall–Kier alpha value is -1.38. The molecule has 0 aliphatic rings. The summed E-state index contributed by atoms with van der Waals surface area (Å²) in [6.07, 6.45) is 3.61. The van der Waals surface area contributed by atoms with E-state index in [1.54, 1.807) is 6.20 Å². The van der Waals surface area contributed by atoms with Gasteiger partial charge in [-0.05, 0) is 23.3 Å². The summed E-state index contributed by atoms with van der Waals surface area (Å²) in [4.78, 5) is 4.12. The fraction of sp³-hybridized carbons (Fsp3) is 0.267. The van der Waals surface area contributed by atoms with E-state index in [2.05, 4.69) is 36.3 Å². The van der Waals surface area contributed by atoms with Gasteiger partial charge < -0.3 is 5.32 Å². The van der Waals surface area contributed by atoms with Crippen molar-refractivity contribution in [3.8, 4) is 11.1 Å². The van der Waals surface area contributed by atoms with Gasteiger partial charge in [-0.2, -0.15) is 0 Å². The van der Waals surface area contributed by atoms with E-state index >= 15 is 0 Å². The lowest BCUT2D eigenvalue weighted by Gasteiger charge is -2.10. The average Bonchev–Trinajstić information content (AvgIpc) is 2.38. The molecule has 0 saturated carbocycles. The Balaban J connectivity index is 2.20. The van der Waals surface area contributed by atoms with Gasteiger partial charge in [0, 0.05) is 35.6 Å². The highest BCUT2D eigenvalue weighted by Gasteiger charge is 2.04. The van der Waals surface area contributed by atoms with E-state index in [4.69, 9.17) is 11.6 Å². The summed E-state index contributed by atoms with van der Waals surface area (Å²) in [5, 5.41) is 4.16. The van der Waals surface area contributed by atoms with E-state index < -0.39 is 0 Å². The Morgan fingerprint density at radius 2 is 2.06 bits per heavy atom. The van der Waals surface area contributed by atoms with Crippen LogP contribution in [0.15, 0.2) is 42.7 Å². The predicted octanol–water partition coefficient (Wildman–Crippen LogP) is 3.90. The molecule has 2 rings (SSSR count). The van der Waals surface area contributed by atoms with Crippen molar-refractivity contribution < 1.29 is 0 Å². The van der Waals surface area contributed by atoms with Crippen molar-refractivity contribution in [2.45, 2.75) is 26.4 Å². The van der Waals surface area contributed by atoms with Gasteiger partial charge in [-0.15, -0.1) is 0 Å². The molecule has 0 fully saturated rings. The van der Waals surface area contributed by atoms with E-state index in [9.17, 15) is 0 Å². The Morgan fingerprint density at radius 3 is 2.67 bits per heavy atom. The summed E-state index contributed by atoms with van der Waals surface area (Å²) < 4.78 is 0. The number of nitrogens with zero attached hydrogens (tertiary/aromatic N) is 1. The molecule has 1 aromatic carbocycles. The molecule has 0 amide bonds. The second kappa shape index (κ2) is 5.98. The number of nitrogens with one attached hydrogen (secondary N) is 1. The van der Waals surface area contributed by atoms with Gasteiger partial charge in [-0.25, -0.2) is 0 Å². The molecule has 0 unspecified atom stereocenters. The first-order valence-electron chi connectivity index (χ1n) is 6.09. The predicted molar refractivity (Wildman–Crippen MR) is 76.7 cm³/mol. The van der Waals surface area contributed by atoms with E-state index in [1.165, 1.54) is 0 Å². The molecule has 0 bridgehead atoms. The second-order valence-electron chi connectivity index (χ2n) is 4.58. The van der Waals surface area contributed by atoms with Gasteiger partial charge in [0.25, 0.3) is 0 Å². The minimum Gasteiger partial charge on any atom is -0.310 e. The van der Waals surface area contributed by atoms with Crippen LogP contribution in [0.4, 0.5) is 0 Å². The molecular weight excluding hydrogens is 244 g/mol. The van der Waals surface area contributed by atoms with Gasteiger partial charge >= 0.3 is 0 Å². The number of rotatable bonds is 4. The molecule has 94 valence electrons. The maximum Gasteiger partial charge on any atom is 0.0457 e. The third kappa shape index (κ3) is 3.31. The standard InChI is InChI=1S/C15H17ClN2/c1-11(2)18-10-14-6-5-12(8-15(14)16)13-4-3-7-17-9-13/h3-9,11,18H,10H2,1-2H3. The first-order chi connectivity index (χ1) is 8.66. The van der Waals surface area contributed by atoms with Gasteiger partial charge in [0.15, 0.2) is 0 Å². The van der Waals surface area contributed by atoms with E-state index in [-0.39, 0.29) is 0 Å². The third-order valence-electron chi connectivity index (χ3n) is 2.75. The highest BCUT2D eigenvalue weighted by molar-refractivity contribution is 6.31. The highest BCUT2D eigenvalue weighted by atomic mass is 35.5. The minimum atomic E-state index is 0.457. The van der Waals surface area contributed by atoms with Crippen LogP contribution in [0.25, 0.3) is 11.1 Å². The van der Waals surface area contributed by atoms with E-state index in [0.717, 1.165) is 28.3 Å². The Bertz CT molecular complexity index is 509. The third-order valence-corrected chi connectivity index (χ3v) is 3.10. The number of hydrogen-bond acceptors (Lipinski definition) is 2. The van der Waals surface area contributed by atoms with Gasteiger partial charge in [0.1, 0.15) is 0 Å². The van der Waals surface area contributed by atoms with Crippen LogP contribution in [0.1, 0.15) is 19.4 Å². The smallest absolute Gasteiger partial charge is 0.0457 e. The van der Waals surface area contributed by atoms with Gasteiger partial charge in [-0.3, -0.25) is 4.98 Å². The van der Waals surface area contributed by atoms with Crippen LogP contribution < -0.4 is 5.32 Å².